The number of nitrogens with two attached hydrogens (primary N) is 1. The molecule has 9 heteroatoms. The van der Waals surface area contributed by atoms with E-state index < -0.39 is 28.4 Å². The third-order valence-corrected chi connectivity index (χ3v) is 3.82. The SMILES string of the molecule is Nc1cc(F)cc(S(=O)(=O)NCCCCC(F)(F)F)c1. The van der Waals surface area contributed by atoms with E-state index in [1.807, 2.05) is 0 Å². The Morgan fingerprint density at radius 1 is 1.15 bits per heavy atom. The van der Waals surface area contributed by atoms with E-state index in [2.05, 4.69) is 4.72 Å². The van der Waals surface area contributed by atoms with E-state index in [4.69, 9.17) is 5.73 Å². The molecule has 1 rings (SSSR count). The number of nitrogens with one attached hydrogen (secondary N) is 1. The van der Waals surface area contributed by atoms with Crippen LogP contribution in [0, 0.1) is 5.82 Å². The predicted octanol–water partition coefficient (Wildman–Crippen LogP) is 2.42. The van der Waals surface area contributed by atoms with Crippen LogP contribution in [0.15, 0.2) is 23.1 Å². The van der Waals surface area contributed by atoms with Gasteiger partial charge in [0.05, 0.1) is 4.90 Å². The van der Waals surface area contributed by atoms with Crippen molar-refractivity contribution in [2.24, 2.45) is 0 Å². The molecule has 0 saturated heterocycles. The Morgan fingerprint density at radius 3 is 2.35 bits per heavy atom. The Kier molecular flexibility index (Phi) is 5.35. The van der Waals surface area contributed by atoms with Crippen molar-refractivity contribution in [3.63, 3.8) is 0 Å². The molecule has 4 nitrogen and oxygen atoms in total. The van der Waals surface area contributed by atoms with E-state index >= 15 is 0 Å². The molecule has 0 aliphatic carbocycles. The molecule has 0 amide bonds. The summed E-state index contributed by atoms with van der Waals surface area (Å²) in [6, 6.07) is 2.82. The summed E-state index contributed by atoms with van der Waals surface area (Å²) in [5.74, 6) is -0.803. The molecule has 3 N–H and O–H groups in total. The molecule has 114 valence electrons. The summed E-state index contributed by atoms with van der Waals surface area (Å²) in [4.78, 5) is -0.356. The normalized spacial score (nSPS) is 12.6. The molecule has 0 atom stereocenters. The molecule has 0 unspecified atom stereocenters. The predicted molar refractivity (Wildman–Crippen MR) is 65.9 cm³/mol. The minimum Gasteiger partial charge on any atom is -0.399 e. The first-order chi connectivity index (χ1) is 9.10. The quantitative estimate of drug-likeness (QED) is 0.481. The van der Waals surface area contributed by atoms with Gasteiger partial charge in [0.25, 0.3) is 0 Å². The molecule has 1 aromatic rings. The Hall–Kier alpha value is -1.35. The molecule has 0 spiro atoms. The van der Waals surface area contributed by atoms with Crippen LogP contribution in [0.3, 0.4) is 0 Å². The maximum absolute atomic E-state index is 13.0. The second-order valence-electron chi connectivity index (χ2n) is 4.19. The van der Waals surface area contributed by atoms with Gasteiger partial charge in [-0.2, -0.15) is 13.2 Å². The highest BCUT2D eigenvalue weighted by Crippen LogP contribution is 2.22. The molecular weight excluding hydrogens is 300 g/mol. The Balaban J connectivity index is 2.54. The van der Waals surface area contributed by atoms with Gasteiger partial charge in [0.15, 0.2) is 0 Å². The highest BCUT2D eigenvalue weighted by atomic mass is 32.2. The van der Waals surface area contributed by atoms with Gasteiger partial charge in [0, 0.05) is 18.7 Å². The first kappa shape index (κ1) is 16.7. The fourth-order valence-electron chi connectivity index (χ4n) is 1.48. The van der Waals surface area contributed by atoms with Crippen LogP contribution in [-0.2, 0) is 10.0 Å². The van der Waals surface area contributed by atoms with E-state index in [1.54, 1.807) is 0 Å². The van der Waals surface area contributed by atoms with Crippen molar-refractivity contribution in [1.29, 1.82) is 0 Å². The number of rotatable bonds is 6. The van der Waals surface area contributed by atoms with Crippen LogP contribution in [-0.4, -0.2) is 21.1 Å². The number of halogens is 4. The smallest absolute Gasteiger partial charge is 0.389 e. The number of alkyl halides is 3. The summed E-state index contributed by atoms with van der Waals surface area (Å²) in [6.07, 6.45) is -5.38. The average Bonchev–Trinajstić information content (AvgIpc) is 2.25. The summed E-state index contributed by atoms with van der Waals surface area (Å²) < 4.78 is 74.2. The van der Waals surface area contributed by atoms with E-state index in [9.17, 15) is 26.0 Å². The van der Waals surface area contributed by atoms with Crippen LogP contribution >= 0.6 is 0 Å². The molecule has 0 radical (unpaired) electrons. The first-order valence-corrected chi connectivity index (χ1v) is 7.21. The lowest BCUT2D eigenvalue weighted by molar-refractivity contribution is -0.135. The molecule has 20 heavy (non-hydrogen) atoms. The van der Waals surface area contributed by atoms with Crippen LogP contribution in [0.1, 0.15) is 19.3 Å². The van der Waals surface area contributed by atoms with Crippen molar-refractivity contribution in [3.05, 3.63) is 24.0 Å². The van der Waals surface area contributed by atoms with Gasteiger partial charge in [-0.3, -0.25) is 0 Å². The van der Waals surface area contributed by atoms with Gasteiger partial charge in [-0.15, -0.1) is 0 Å². The average molecular weight is 314 g/mol. The number of hydrogen-bond donors (Lipinski definition) is 2. The lowest BCUT2D eigenvalue weighted by atomic mass is 10.2. The van der Waals surface area contributed by atoms with Crippen LogP contribution in [0.5, 0.6) is 0 Å². The summed E-state index contributed by atoms with van der Waals surface area (Å²) in [5.41, 5.74) is 5.27. The number of unbranched alkanes of at least 4 members (excludes halogenated alkanes) is 1. The summed E-state index contributed by atoms with van der Waals surface area (Å²) in [5, 5.41) is 0. The minimum absolute atomic E-state index is 0.0313. The summed E-state index contributed by atoms with van der Waals surface area (Å²) >= 11 is 0. The van der Waals surface area contributed by atoms with E-state index in [0.717, 1.165) is 18.2 Å². The van der Waals surface area contributed by atoms with Crippen molar-refractivity contribution in [2.45, 2.75) is 30.3 Å². The van der Waals surface area contributed by atoms with Crippen molar-refractivity contribution >= 4 is 15.7 Å². The minimum atomic E-state index is -4.25. The standard InChI is InChI=1S/C11H14F4N2O2S/c12-8-5-9(16)7-10(6-8)20(18,19)17-4-2-1-3-11(13,14)15/h5-7,17H,1-4,16H2. The molecule has 0 aliphatic heterocycles. The zero-order valence-electron chi connectivity index (χ0n) is 10.4. The fraction of sp³-hybridized carbons (Fsp3) is 0.455. The van der Waals surface area contributed by atoms with Crippen molar-refractivity contribution < 1.29 is 26.0 Å². The third-order valence-electron chi connectivity index (χ3n) is 2.38. The summed E-state index contributed by atoms with van der Waals surface area (Å²) in [6.45, 7) is -0.158. The van der Waals surface area contributed by atoms with Crippen LogP contribution in [0.25, 0.3) is 0 Å². The van der Waals surface area contributed by atoms with Gasteiger partial charge in [0.2, 0.25) is 10.0 Å². The molecule has 0 aromatic heterocycles. The Bertz CT molecular complexity index is 538. The highest BCUT2D eigenvalue weighted by molar-refractivity contribution is 7.89. The maximum atomic E-state index is 13.0. The first-order valence-electron chi connectivity index (χ1n) is 5.73. The number of sulfonamides is 1. The van der Waals surface area contributed by atoms with Gasteiger partial charge in [-0.25, -0.2) is 17.5 Å². The second kappa shape index (κ2) is 6.40. The van der Waals surface area contributed by atoms with Crippen molar-refractivity contribution in [2.75, 3.05) is 12.3 Å². The van der Waals surface area contributed by atoms with Gasteiger partial charge < -0.3 is 5.73 Å². The topological polar surface area (TPSA) is 72.2 Å². The molecule has 0 heterocycles. The van der Waals surface area contributed by atoms with Gasteiger partial charge in [0.1, 0.15) is 5.82 Å². The maximum Gasteiger partial charge on any atom is 0.389 e. The molecule has 0 aliphatic rings. The van der Waals surface area contributed by atoms with Gasteiger partial charge in [-0.1, -0.05) is 0 Å². The van der Waals surface area contributed by atoms with Crippen LogP contribution in [0.2, 0.25) is 0 Å². The molecule has 1 aromatic carbocycles. The monoisotopic (exact) mass is 314 g/mol. The number of hydrogen-bond acceptors (Lipinski definition) is 3. The highest BCUT2D eigenvalue weighted by Gasteiger charge is 2.26. The lowest BCUT2D eigenvalue weighted by Crippen LogP contribution is -2.25. The number of benzene rings is 1. The van der Waals surface area contributed by atoms with E-state index in [1.165, 1.54) is 0 Å². The van der Waals surface area contributed by atoms with Crippen molar-refractivity contribution in [1.82, 2.24) is 4.72 Å². The van der Waals surface area contributed by atoms with E-state index in [-0.39, 0.29) is 30.0 Å². The van der Waals surface area contributed by atoms with Crippen LogP contribution < -0.4 is 10.5 Å². The molecule has 0 bridgehead atoms. The third kappa shape index (κ3) is 5.74. The van der Waals surface area contributed by atoms with Gasteiger partial charge >= 0.3 is 6.18 Å². The van der Waals surface area contributed by atoms with Crippen molar-refractivity contribution in [3.8, 4) is 0 Å². The van der Waals surface area contributed by atoms with Gasteiger partial charge in [-0.05, 0) is 31.0 Å². The second-order valence-corrected chi connectivity index (χ2v) is 5.96. The summed E-state index contributed by atoms with van der Waals surface area (Å²) in [7, 11) is -3.97. The Morgan fingerprint density at radius 2 is 1.80 bits per heavy atom. The molecule has 0 saturated carbocycles. The largest absolute Gasteiger partial charge is 0.399 e. The number of anilines is 1. The molecule has 0 fully saturated rings. The fourth-order valence-corrected chi connectivity index (χ4v) is 2.62. The molecular formula is C11H14F4N2O2S. The zero-order chi connectivity index (χ0) is 15.4. The number of nitrogen functional groups attached to an aromatic ring is 1. The van der Waals surface area contributed by atoms with E-state index in [0.29, 0.717) is 0 Å². The zero-order valence-corrected chi connectivity index (χ0v) is 11.2. The van der Waals surface area contributed by atoms with Crippen LogP contribution in [0.4, 0.5) is 23.2 Å². The lowest BCUT2D eigenvalue weighted by Gasteiger charge is -2.08. The Labute approximate surface area is 114 Å².